The Morgan fingerprint density at radius 3 is 2.80 bits per heavy atom. The van der Waals surface area contributed by atoms with Crippen molar-refractivity contribution in [3.63, 3.8) is 0 Å². The summed E-state index contributed by atoms with van der Waals surface area (Å²) in [5.41, 5.74) is 2.53. The van der Waals surface area contributed by atoms with E-state index in [1.54, 1.807) is 6.08 Å². The highest BCUT2D eigenvalue weighted by atomic mass is 16.7. The van der Waals surface area contributed by atoms with Crippen LogP contribution in [0.2, 0.25) is 0 Å². The molecule has 0 N–H and O–H groups in total. The second-order valence-electron chi connectivity index (χ2n) is 4.62. The molecule has 2 heterocycles. The van der Waals surface area contributed by atoms with Gasteiger partial charge in [-0.25, -0.2) is 4.68 Å². The van der Waals surface area contributed by atoms with Gasteiger partial charge >= 0.3 is 0 Å². The molecule has 3 rings (SSSR count). The van der Waals surface area contributed by atoms with Crippen LogP contribution in [-0.4, -0.2) is 22.5 Å². The number of hydrogen-bond donors (Lipinski definition) is 0. The molecular formula is C15H14N2O3. The Morgan fingerprint density at radius 1 is 1.25 bits per heavy atom. The topological polar surface area (TPSA) is 53.4 Å². The van der Waals surface area contributed by atoms with Gasteiger partial charge in [-0.05, 0) is 43.7 Å². The molecule has 0 aliphatic carbocycles. The number of carbonyl (C=O) groups excluding carboxylic acids is 1. The lowest BCUT2D eigenvalue weighted by Crippen LogP contribution is -2.10. The molecule has 0 atom stereocenters. The number of rotatable bonds is 2. The lowest BCUT2D eigenvalue weighted by molar-refractivity contribution is 0.0952. The lowest BCUT2D eigenvalue weighted by atomic mass is 10.2. The van der Waals surface area contributed by atoms with Crippen LogP contribution in [0.25, 0.3) is 6.08 Å². The van der Waals surface area contributed by atoms with E-state index in [0.29, 0.717) is 5.75 Å². The standard InChI is InChI=1S/C15H14N2O3/c1-10-7-11(2)17(16-10)15(18)6-4-12-3-5-13-14(8-12)20-9-19-13/h3-8H,9H2,1-2H3/b6-4+. The summed E-state index contributed by atoms with van der Waals surface area (Å²) < 4.78 is 11.9. The van der Waals surface area contributed by atoms with Gasteiger partial charge in [0, 0.05) is 11.8 Å². The average Bonchev–Trinajstić information content (AvgIpc) is 3.01. The van der Waals surface area contributed by atoms with Gasteiger partial charge in [-0.3, -0.25) is 4.79 Å². The first kappa shape index (κ1) is 12.5. The Hall–Kier alpha value is -2.56. The molecule has 20 heavy (non-hydrogen) atoms. The Morgan fingerprint density at radius 2 is 2.05 bits per heavy atom. The number of hydrogen-bond acceptors (Lipinski definition) is 4. The van der Waals surface area contributed by atoms with Gasteiger partial charge in [0.15, 0.2) is 11.5 Å². The summed E-state index contributed by atoms with van der Waals surface area (Å²) in [5.74, 6) is 1.26. The van der Waals surface area contributed by atoms with Crippen molar-refractivity contribution >= 4 is 12.0 Å². The molecule has 1 aromatic carbocycles. The zero-order valence-corrected chi connectivity index (χ0v) is 11.3. The Labute approximate surface area is 116 Å². The third-order valence-electron chi connectivity index (χ3n) is 3.03. The van der Waals surface area contributed by atoms with Crippen LogP contribution in [-0.2, 0) is 0 Å². The first-order valence-electron chi connectivity index (χ1n) is 6.29. The predicted molar refractivity (Wildman–Crippen MR) is 73.9 cm³/mol. The van der Waals surface area contributed by atoms with E-state index in [0.717, 1.165) is 22.7 Å². The zero-order valence-electron chi connectivity index (χ0n) is 11.3. The quantitative estimate of drug-likeness (QED) is 0.787. The fourth-order valence-electron chi connectivity index (χ4n) is 2.11. The summed E-state index contributed by atoms with van der Waals surface area (Å²) in [7, 11) is 0. The van der Waals surface area contributed by atoms with Crippen LogP contribution in [0.3, 0.4) is 0 Å². The minimum absolute atomic E-state index is 0.173. The molecule has 0 amide bonds. The number of fused-ring (bicyclic) bond motifs is 1. The van der Waals surface area contributed by atoms with Gasteiger partial charge < -0.3 is 9.47 Å². The largest absolute Gasteiger partial charge is 0.454 e. The van der Waals surface area contributed by atoms with E-state index in [-0.39, 0.29) is 12.7 Å². The van der Waals surface area contributed by atoms with Gasteiger partial charge in [0.25, 0.3) is 5.91 Å². The number of nitrogens with zero attached hydrogens (tertiary/aromatic N) is 2. The van der Waals surface area contributed by atoms with Crippen LogP contribution in [0.15, 0.2) is 30.3 Å². The summed E-state index contributed by atoms with van der Waals surface area (Å²) >= 11 is 0. The van der Waals surface area contributed by atoms with Gasteiger partial charge in [0.2, 0.25) is 6.79 Å². The molecular weight excluding hydrogens is 256 g/mol. The molecule has 1 aromatic heterocycles. The van der Waals surface area contributed by atoms with Crippen LogP contribution in [0.4, 0.5) is 0 Å². The van der Waals surface area contributed by atoms with Crippen molar-refractivity contribution in [2.45, 2.75) is 13.8 Å². The van der Waals surface area contributed by atoms with Crippen molar-refractivity contribution in [3.05, 3.63) is 47.3 Å². The summed E-state index contributed by atoms with van der Waals surface area (Å²) in [6.07, 6.45) is 3.23. The smallest absolute Gasteiger partial charge is 0.271 e. The lowest BCUT2D eigenvalue weighted by Gasteiger charge is -1.99. The van der Waals surface area contributed by atoms with Crippen LogP contribution in [0, 0.1) is 13.8 Å². The predicted octanol–water partition coefficient (Wildman–Crippen LogP) is 2.58. The zero-order chi connectivity index (χ0) is 14.1. The monoisotopic (exact) mass is 270 g/mol. The van der Waals surface area contributed by atoms with Gasteiger partial charge in [0.05, 0.1) is 5.69 Å². The Balaban J connectivity index is 1.80. The Kier molecular flexibility index (Phi) is 3.02. The molecule has 0 saturated heterocycles. The van der Waals surface area contributed by atoms with Crippen molar-refractivity contribution in [1.82, 2.24) is 9.78 Å². The number of aryl methyl sites for hydroxylation is 2. The van der Waals surface area contributed by atoms with E-state index >= 15 is 0 Å². The molecule has 0 saturated carbocycles. The van der Waals surface area contributed by atoms with E-state index in [2.05, 4.69) is 5.10 Å². The minimum atomic E-state index is -0.173. The molecule has 1 aliphatic heterocycles. The van der Waals surface area contributed by atoms with E-state index < -0.39 is 0 Å². The molecule has 0 unspecified atom stereocenters. The summed E-state index contributed by atoms with van der Waals surface area (Å²) in [5, 5.41) is 4.15. The van der Waals surface area contributed by atoms with Gasteiger partial charge in [-0.15, -0.1) is 0 Å². The van der Waals surface area contributed by atoms with Crippen molar-refractivity contribution < 1.29 is 14.3 Å². The fraction of sp³-hybridized carbons (Fsp3) is 0.200. The van der Waals surface area contributed by atoms with E-state index in [1.165, 1.54) is 10.8 Å². The van der Waals surface area contributed by atoms with E-state index in [9.17, 15) is 4.79 Å². The maximum absolute atomic E-state index is 12.0. The summed E-state index contributed by atoms with van der Waals surface area (Å²) in [4.78, 5) is 12.0. The highest BCUT2D eigenvalue weighted by Gasteiger charge is 2.12. The molecule has 2 aromatic rings. The molecule has 102 valence electrons. The molecule has 5 nitrogen and oxygen atoms in total. The van der Waals surface area contributed by atoms with Gasteiger partial charge in [-0.2, -0.15) is 5.10 Å². The molecule has 0 fully saturated rings. The average molecular weight is 270 g/mol. The molecule has 5 heteroatoms. The third-order valence-corrected chi connectivity index (χ3v) is 3.03. The highest BCUT2D eigenvalue weighted by Crippen LogP contribution is 2.32. The number of allylic oxidation sites excluding steroid dienone is 1. The number of ether oxygens (including phenoxy) is 2. The minimum Gasteiger partial charge on any atom is -0.454 e. The van der Waals surface area contributed by atoms with E-state index in [4.69, 9.17) is 9.47 Å². The number of carbonyl (C=O) groups is 1. The second-order valence-corrected chi connectivity index (χ2v) is 4.62. The van der Waals surface area contributed by atoms with Crippen molar-refractivity contribution in [2.75, 3.05) is 6.79 Å². The maximum Gasteiger partial charge on any atom is 0.271 e. The number of benzene rings is 1. The van der Waals surface area contributed by atoms with Crippen molar-refractivity contribution in [1.29, 1.82) is 0 Å². The van der Waals surface area contributed by atoms with Gasteiger partial charge in [-0.1, -0.05) is 6.07 Å². The second kappa shape index (κ2) is 4.85. The molecule has 1 aliphatic rings. The van der Waals surface area contributed by atoms with Crippen molar-refractivity contribution in [3.8, 4) is 11.5 Å². The molecule has 0 bridgehead atoms. The first-order valence-corrected chi connectivity index (χ1v) is 6.29. The van der Waals surface area contributed by atoms with E-state index in [1.807, 2.05) is 38.1 Å². The van der Waals surface area contributed by atoms with Crippen LogP contribution < -0.4 is 9.47 Å². The first-order chi connectivity index (χ1) is 9.63. The van der Waals surface area contributed by atoms with Crippen LogP contribution >= 0.6 is 0 Å². The summed E-state index contributed by atoms with van der Waals surface area (Å²) in [6, 6.07) is 7.41. The Bertz CT molecular complexity index is 701. The third kappa shape index (κ3) is 2.30. The SMILES string of the molecule is Cc1cc(C)n(C(=O)/C=C/c2ccc3c(c2)OCO3)n1. The van der Waals surface area contributed by atoms with Crippen LogP contribution in [0.5, 0.6) is 11.5 Å². The van der Waals surface area contributed by atoms with Gasteiger partial charge in [0.1, 0.15) is 0 Å². The number of aromatic nitrogens is 2. The van der Waals surface area contributed by atoms with Crippen molar-refractivity contribution in [2.24, 2.45) is 0 Å². The molecule has 0 radical (unpaired) electrons. The fourth-order valence-corrected chi connectivity index (χ4v) is 2.11. The normalized spacial score (nSPS) is 13.1. The highest BCUT2D eigenvalue weighted by molar-refractivity contribution is 5.93. The van der Waals surface area contributed by atoms with Crippen LogP contribution in [0.1, 0.15) is 21.7 Å². The maximum atomic E-state index is 12.0. The molecule has 0 spiro atoms. The summed E-state index contributed by atoms with van der Waals surface area (Å²) in [6.45, 7) is 3.96.